The van der Waals surface area contributed by atoms with Gasteiger partial charge in [0.25, 0.3) is 11.8 Å². The third-order valence-electron chi connectivity index (χ3n) is 5.43. The molecule has 0 aliphatic carbocycles. The molecule has 6 heteroatoms. The monoisotopic (exact) mass is 369 g/mol. The fraction of sp³-hybridized carbons (Fsp3) is 0.400. The number of nitrogens with zero attached hydrogens (tertiary/aromatic N) is 1. The van der Waals surface area contributed by atoms with Gasteiger partial charge in [0, 0.05) is 36.4 Å². The van der Waals surface area contributed by atoms with Gasteiger partial charge in [0.1, 0.15) is 0 Å². The van der Waals surface area contributed by atoms with Crippen LogP contribution in [0.5, 0.6) is 0 Å². The Bertz CT molecular complexity index is 793. The molecule has 2 saturated heterocycles. The second kappa shape index (κ2) is 7.21. The minimum Gasteiger partial charge on any atom is -0.339 e. The van der Waals surface area contributed by atoms with Crippen LogP contribution in [0, 0.1) is 0 Å². The lowest BCUT2D eigenvalue weighted by atomic mass is 9.98. The molecule has 2 amide bonds. The van der Waals surface area contributed by atoms with Gasteiger partial charge in [0.2, 0.25) is 0 Å². The fourth-order valence-electron chi connectivity index (χ4n) is 4.04. The number of amides is 2. The molecule has 4 rings (SSSR count). The van der Waals surface area contributed by atoms with Crippen molar-refractivity contribution in [2.75, 3.05) is 12.4 Å². The van der Waals surface area contributed by atoms with E-state index in [4.69, 9.17) is 0 Å². The van der Waals surface area contributed by atoms with Crippen molar-refractivity contribution in [2.24, 2.45) is 0 Å². The molecule has 26 heavy (non-hydrogen) atoms. The number of rotatable bonds is 4. The van der Waals surface area contributed by atoms with Gasteiger partial charge in [0.05, 0.1) is 4.88 Å². The highest BCUT2D eigenvalue weighted by Crippen LogP contribution is 2.30. The van der Waals surface area contributed by atoms with E-state index in [9.17, 15) is 9.59 Å². The second-order valence-electron chi connectivity index (χ2n) is 7.19. The van der Waals surface area contributed by atoms with Crippen molar-refractivity contribution in [3.05, 3.63) is 52.2 Å². The van der Waals surface area contributed by atoms with E-state index in [-0.39, 0.29) is 17.9 Å². The van der Waals surface area contributed by atoms with E-state index in [1.54, 1.807) is 12.1 Å². The summed E-state index contributed by atoms with van der Waals surface area (Å²) in [5.74, 6) is -0.128. The minimum atomic E-state index is -0.145. The van der Waals surface area contributed by atoms with Gasteiger partial charge >= 0.3 is 0 Å². The highest BCUT2D eigenvalue weighted by Gasteiger charge is 2.36. The summed E-state index contributed by atoms with van der Waals surface area (Å²) < 4.78 is 0. The first-order chi connectivity index (χ1) is 12.6. The van der Waals surface area contributed by atoms with Gasteiger partial charge in [-0.25, -0.2) is 0 Å². The predicted molar refractivity (Wildman–Crippen MR) is 104 cm³/mol. The first kappa shape index (κ1) is 17.2. The summed E-state index contributed by atoms with van der Waals surface area (Å²) in [7, 11) is 1.90. The summed E-state index contributed by atoms with van der Waals surface area (Å²) in [6, 6.07) is 12.2. The van der Waals surface area contributed by atoms with Crippen molar-refractivity contribution in [1.29, 1.82) is 0 Å². The molecule has 2 N–H and O–H groups in total. The van der Waals surface area contributed by atoms with Crippen LogP contribution in [0.3, 0.4) is 0 Å². The lowest BCUT2D eigenvalue weighted by Gasteiger charge is -2.35. The Hall–Kier alpha value is -2.18. The van der Waals surface area contributed by atoms with Gasteiger partial charge in [0.15, 0.2) is 0 Å². The van der Waals surface area contributed by atoms with E-state index in [1.165, 1.54) is 24.2 Å². The highest BCUT2D eigenvalue weighted by atomic mass is 32.1. The number of hydrogen-bond acceptors (Lipinski definition) is 4. The summed E-state index contributed by atoms with van der Waals surface area (Å²) in [5, 5.41) is 8.36. The lowest BCUT2D eigenvalue weighted by Crippen LogP contribution is -2.48. The molecule has 1 aromatic heterocycles. The Morgan fingerprint density at radius 1 is 1.15 bits per heavy atom. The van der Waals surface area contributed by atoms with Crippen molar-refractivity contribution < 1.29 is 9.59 Å². The van der Waals surface area contributed by atoms with Crippen molar-refractivity contribution >= 4 is 28.8 Å². The molecule has 136 valence electrons. The first-order valence-corrected chi connectivity index (χ1v) is 9.96. The van der Waals surface area contributed by atoms with E-state index in [0.29, 0.717) is 28.2 Å². The lowest BCUT2D eigenvalue weighted by molar-refractivity contribution is 0.0681. The molecule has 2 bridgehead atoms. The van der Waals surface area contributed by atoms with E-state index in [1.807, 2.05) is 41.6 Å². The van der Waals surface area contributed by atoms with E-state index in [0.717, 1.165) is 12.8 Å². The highest BCUT2D eigenvalue weighted by molar-refractivity contribution is 7.12. The van der Waals surface area contributed by atoms with Crippen LogP contribution in [0.2, 0.25) is 0 Å². The number of benzene rings is 1. The molecular weight excluding hydrogens is 346 g/mol. The van der Waals surface area contributed by atoms with Gasteiger partial charge < -0.3 is 15.5 Å². The molecule has 0 radical (unpaired) electrons. The quantitative estimate of drug-likeness (QED) is 0.869. The average Bonchev–Trinajstić information content (AvgIpc) is 3.30. The van der Waals surface area contributed by atoms with E-state index in [2.05, 4.69) is 10.6 Å². The standard InChI is InChI=1S/C20H23N3O2S/c1-23(17-11-15-7-8-16(12-17)21-15)20(25)13-4-2-5-14(10-13)22-19(24)18-6-3-9-26-18/h2-6,9-10,15-17,21H,7-8,11-12H2,1H3,(H,22,24). The maximum absolute atomic E-state index is 12.9. The van der Waals surface area contributed by atoms with Gasteiger partial charge in [-0.05, 0) is 55.3 Å². The molecule has 2 fully saturated rings. The number of piperidine rings is 1. The van der Waals surface area contributed by atoms with Crippen LogP contribution in [-0.2, 0) is 0 Å². The van der Waals surface area contributed by atoms with E-state index < -0.39 is 0 Å². The van der Waals surface area contributed by atoms with Crippen molar-refractivity contribution in [2.45, 2.75) is 43.8 Å². The SMILES string of the molecule is CN(C(=O)c1cccc(NC(=O)c2cccs2)c1)C1CC2CCC(C1)N2. The molecule has 0 saturated carbocycles. The topological polar surface area (TPSA) is 61.4 Å². The maximum Gasteiger partial charge on any atom is 0.265 e. The number of carbonyl (C=O) groups is 2. The molecule has 1 aromatic carbocycles. The molecule has 5 nitrogen and oxygen atoms in total. The summed E-state index contributed by atoms with van der Waals surface area (Å²) in [5.41, 5.74) is 1.26. The van der Waals surface area contributed by atoms with Crippen LogP contribution in [0.25, 0.3) is 0 Å². The number of hydrogen-bond donors (Lipinski definition) is 2. The number of fused-ring (bicyclic) bond motifs is 2. The second-order valence-corrected chi connectivity index (χ2v) is 8.14. The maximum atomic E-state index is 12.9. The van der Waals surface area contributed by atoms with Crippen LogP contribution >= 0.6 is 11.3 Å². The van der Waals surface area contributed by atoms with Gasteiger partial charge in [-0.3, -0.25) is 9.59 Å². The van der Waals surface area contributed by atoms with Crippen molar-refractivity contribution in [1.82, 2.24) is 10.2 Å². The minimum absolute atomic E-state index is 0.0172. The number of anilines is 1. The zero-order valence-corrected chi connectivity index (χ0v) is 15.6. The zero-order chi connectivity index (χ0) is 18.1. The predicted octanol–water partition coefficient (Wildman–Crippen LogP) is 3.36. The Morgan fingerprint density at radius 2 is 1.92 bits per heavy atom. The zero-order valence-electron chi connectivity index (χ0n) is 14.8. The molecule has 2 aliphatic heterocycles. The normalized spacial score (nSPS) is 24.3. The third kappa shape index (κ3) is 3.52. The Morgan fingerprint density at radius 3 is 2.62 bits per heavy atom. The molecule has 0 spiro atoms. The molecule has 2 aliphatic rings. The Kier molecular flexibility index (Phi) is 4.78. The number of nitrogens with one attached hydrogen (secondary N) is 2. The van der Waals surface area contributed by atoms with Crippen LogP contribution in [0.1, 0.15) is 45.7 Å². The number of carbonyl (C=O) groups excluding carboxylic acids is 2. The molecule has 3 heterocycles. The molecule has 2 aromatic rings. The summed E-state index contributed by atoms with van der Waals surface area (Å²) in [6.45, 7) is 0. The van der Waals surface area contributed by atoms with Crippen LogP contribution in [-0.4, -0.2) is 41.9 Å². The smallest absolute Gasteiger partial charge is 0.265 e. The Labute approximate surface area is 157 Å². The summed E-state index contributed by atoms with van der Waals surface area (Å²) in [6.07, 6.45) is 4.47. The van der Waals surface area contributed by atoms with Crippen LogP contribution in [0.4, 0.5) is 5.69 Å². The third-order valence-corrected chi connectivity index (χ3v) is 6.30. The number of thiophene rings is 1. The molecule has 2 atom stereocenters. The van der Waals surface area contributed by atoms with Gasteiger partial charge in [-0.1, -0.05) is 12.1 Å². The van der Waals surface area contributed by atoms with Crippen molar-refractivity contribution in [3.8, 4) is 0 Å². The van der Waals surface area contributed by atoms with Crippen molar-refractivity contribution in [3.63, 3.8) is 0 Å². The summed E-state index contributed by atoms with van der Waals surface area (Å²) in [4.78, 5) is 27.7. The average molecular weight is 369 g/mol. The Balaban J connectivity index is 1.45. The molecular formula is C20H23N3O2S. The fourth-order valence-corrected chi connectivity index (χ4v) is 4.66. The van der Waals surface area contributed by atoms with Gasteiger partial charge in [-0.2, -0.15) is 0 Å². The first-order valence-electron chi connectivity index (χ1n) is 9.08. The van der Waals surface area contributed by atoms with Gasteiger partial charge in [-0.15, -0.1) is 11.3 Å². The summed E-state index contributed by atoms with van der Waals surface area (Å²) >= 11 is 1.40. The largest absolute Gasteiger partial charge is 0.339 e. The van der Waals surface area contributed by atoms with Crippen LogP contribution in [0.15, 0.2) is 41.8 Å². The van der Waals surface area contributed by atoms with E-state index >= 15 is 0 Å². The van der Waals surface area contributed by atoms with Crippen LogP contribution < -0.4 is 10.6 Å². The molecule has 2 unspecified atom stereocenters.